The highest BCUT2D eigenvalue weighted by atomic mass is 35.5. The van der Waals surface area contributed by atoms with E-state index in [1.807, 2.05) is 13.8 Å². The number of alkyl halides is 3. The number of anilines is 1. The molecule has 0 unspecified atom stereocenters. The van der Waals surface area contributed by atoms with E-state index in [1.165, 1.54) is 24.3 Å². The highest BCUT2D eigenvalue weighted by Gasteiger charge is 2.40. The summed E-state index contributed by atoms with van der Waals surface area (Å²) in [6, 6.07) is 9.08. The second-order valence-corrected chi connectivity index (χ2v) is 7.37. The Bertz CT molecular complexity index is 1100. The van der Waals surface area contributed by atoms with Gasteiger partial charge >= 0.3 is 12.3 Å². The summed E-state index contributed by atoms with van der Waals surface area (Å²) in [7, 11) is 0. The van der Waals surface area contributed by atoms with Crippen molar-refractivity contribution < 1.29 is 22.7 Å². The Kier molecular flexibility index (Phi) is 6.81. The first-order valence-corrected chi connectivity index (χ1v) is 10.1. The lowest BCUT2D eigenvalue weighted by Gasteiger charge is -2.16. The molecule has 0 aliphatic heterocycles. The van der Waals surface area contributed by atoms with Crippen molar-refractivity contribution in [1.82, 2.24) is 9.78 Å². The minimum absolute atomic E-state index is 0.114. The predicted octanol–water partition coefficient (Wildman–Crippen LogP) is 6.93. The molecule has 2 aromatic carbocycles. The maximum absolute atomic E-state index is 13.8. The van der Waals surface area contributed by atoms with Crippen molar-refractivity contribution in [2.75, 3.05) is 5.32 Å². The monoisotopic (exact) mass is 471 g/mol. The van der Waals surface area contributed by atoms with Crippen LogP contribution in [0.15, 0.2) is 42.6 Å². The minimum atomic E-state index is -4.83. The summed E-state index contributed by atoms with van der Waals surface area (Å²) < 4.78 is 46.9. The number of nitrogens with zero attached hydrogens (tertiary/aromatic N) is 2. The number of nitrogens with one attached hydrogen (secondary N) is 1. The number of hydrogen-bond acceptors (Lipinski definition) is 3. The largest absolute Gasteiger partial charge is 0.437 e. The van der Waals surface area contributed by atoms with Crippen LogP contribution >= 0.6 is 23.2 Å². The fourth-order valence-electron chi connectivity index (χ4n) is 3.14. The van der Waals surface area contributed by atoms with Gasteiger partial charge in [-0.25, -0.2) is 9.48 Å². The van der Waals surface area contributed by atoms with Gasteiger partial charge in [-0.1, -0.05) is 43.1 Å². The van der Waals surface area contributed by atoms with Gasteiger partial charge in [-0.3, -0.25) is 5.32 Å². The molecule has 5 nitrogen and oxygen atoms in total. The number of carbonyl (C=O) groups excluding carboxylic acids is 1. The van der Waals surface area contributed by atoms with E-state index in [4.69, 9.17) is 27.9 Å². The maximum atomic E-state index is 13.8. The number of aromatic nitrogens is 2. The van der Waals surface area contributed by atoms with Crippen LogP contribution in [0, 0.1) is 0 Å². The van der Waals surface area contributed by atoms with Crippen molar-refractivity contribution >= 4 is 35.0 Å². The van der Waals surface area contributed by atoms with E-state index in [-0.39, 0.29) is 5.69 Å². The van der Waals surface area contributed by atoms with Gasteiger partial charge in [0, 0.05) is 10.0 Å². The molecule has 0 radical (unpaired) electrons. The molecule has 0 spiro atoms. The first-order chi connectivity index (χ1) is 14.7. The second kappa shape index (κ2) is 9.20. The lowest BCUT2D eigenvalue weighted by Crippen LogP contribution is -2.21. The highest BCUT2D eigenvalue weighted by molar-refractivity contribution is 6.32. The van der Waals surface area contributed by atoms with Crippen molar-refractivity contribution in [3.63, 3.8) is 0 Å². The molecule has 1 heterocycles. The van der Waals surface area contributed by atoms with E-state index in [0.29, 0.717) is 38.8 Å². The Labute approximate surface area is 186 Å². The van der Waals surface area contributed by atoms with E-state index in [1.54, 1.807) is 12.1 Å². The molecule has 1 N–H and O–H groups in total. The second-order valence-electron chi connectivity index (χ2n) is 6.53. The van der Waals surface area contributed by atoms with E-state index >= 15 is 0 Å². The Morgan fingerprint density at radius 3 is 2.35 bits per heavy atom. The van der Waals surface area contributed by atoms with Crippen LogP contribution in [0.4, 0.5) is 23.7 Å². The Hall–Kier alpha value is -2.71. The van der Waals surface area contributed by atoms with Crippen LogP contribution in [0.25, 0.3) is 5.69 Å². The number of rotatable bonds is 5. The van der Waals surface area contributed by atoms with Gasteiger partial charge in [-0.05, 0) is 54.3 Å². The lowest BCUT2D eigenvalue weighted by molar-refractivity contribution is -0.143. The minimum Gasteiger partial charge on any atom is -0.406 e. The summed E-state index contributed by atoms with van der Waals surface area (Å²) in [5.74, 6) is -0.724. The summed E-state index contributed by atoms with van der Waals surface area (Å²) in [6.45, 7) is 3.74. The van der Waals surface area contributed by atoms with E-state index < -0.39 is 23.7 Å². The van der Waals surface area contributed by atoms with Crippen molar-refractivity contribution in [3.05, 3.63) is 69.5 Å². The van der Waals surface area contributed by atoms with Crippen molar-refractivity contribution in [2.45, 2.75) is 32.9 Å². The number of carbonyl (C=O) groups is 1. The highest BCUT2D eigenvalue weighted by Crippen LogP contribution is 2.38. The molecule has 3 aromatic rings. The Balaban J connectivity index is 1.94. The van der Waals surface area contributed by atoms with Crippen molar-refractivity contribution in [2.24, 2.45) is 0 Å². The van der Waals surface area contributed by atoms with Crippen molar-refractivity contribution in [1.29, 1.82) is 0 Å². The summed E-state index contributed by atoms with van der Waals surface area (Å²) in [4.78, 5) is 12.5. The molecular formula is C21H18Cl2F3N3O2. The number of hydrogen-bond donors (Lipinski definition) is 1. The van der Waals surface area contributed by atoms with Gasteiger partial charge in [0.05, 0.1) is 17.6 Å². The van der Waals surface area contributed by atoms with Gasteiger partial charge in [-0.2, -0.15) is 18.3 Å². The lowest BCUT2D eigenvalue weighted by atomic mass is 10.0. The smallest absolute Gasteiger partial charge is 0.406 e. The molecule has 0 fully saturated rings. The Morgan fingerprint density at radius 2 is 1.77 bits per heavy atom. The molecule has 1 aromatic heterocycles. The van der Waals surface area contributed by atoms with E-state index in [0.717, 1.165) is 11.8 Å². The summed E-state index contributed by atoms with van der Waals surface area (Å²) in [5, 5.41) is 7.10. The van der Waals surface area contributed by atoms with E-state index in [2.05, 4.69) is 10.4 Å². The molecule has 0 saturated carbocycles. The molecule has 3 rings (SSSR count). The third-order valence-corrected chi connectivity index (χ3v) is 5.19. The fraction of sp³-hybridized carbons (Fsp3) is 0.238. The number of halogens is 5. The molecule has 31 heavy (non-hydrogen) atoms. The molecule has 0 aliphatic carbocycles. The number of aryl methyl sites for hydroxylation is 1. The van der Waals surface area contributed by atoms with Gasteiger partial charge in [0.2, 0.25) is 0 Å². The molecule has 0 aliphatic rings. The standard InChI is InChI=1S/C21H18Cl2F3N3O2/c1-3-12-5-10-16(23)15(4-2)18(12)28-20(30)31-17-11-27-29(19(17)21(24,25)26)14-8-6-13(22)7-9-14/h5-11H,3-4H2,1-2H3,(H,28,30). The quantitative estimate of drug-likeness (QED) is 0.438. The Morgan fingerprint density at radius 1 is 1.10 bits per heavy atom. The molecular weight excluding hydrogens is 454 g/mol. The van der Waals surface area contributed by atoms with Crippen LogP contribution in [0.5, 0.6) is 5.75 Å². The van der Waals surface area contributed by atoms with Crippen LogP contribution in [-0.2, 0) is 19.0 Å². The number of benzene rings is 2. The average Bonchev–Trinajstić information content (AvgIpc) is 3.13. The summed E-state index contributed by atoms with van der Waals surface area (Å²) >= 11 is 12.0. The van der Waals surface area contributed by atoms with Crippen LogP contribution in [0.3, 0.4) is 0 Å². The van der Waals surface area contributed by atoms with Crippen LogP contribution < -0.4 is 10.1 Å². The summed E-state index contributed by atoms with van der Waals surface area (Å²) in [6.07, 6.45) is -3.96. The summed E-state index contributed by atoms with van der Waals surface area (Å²) in [5.41, 5.74) is 0.781. The topological polar surface area (TPSA) is 56.1 Å². The number of amides is 1. The number of ether oxygens (including phenoxy) is 1. The van der Waals surface area contributed by atoms with Gasteiger partial charge < -0.3 is 4.74 Å². The van der Waals surface area contributed by atoms with Crippen LogP contribution in [-0.4, -0.2) is 15.9 Å². The zero-order valence-electron chi connectivity index (χ0n) is 16.6. The van der Waals surface area contributed by atoms with Gasteiger partial charge in [0.25, 0.3) is 0 Å². The maximum Gasteiger partial charge on any atom is 0.437 e. The SMILES string of the molecule is CCc1ccc(Cl)c(CC)c1NC(=O)Oc1cnn(-c2ccc(Cl)cc2)c1C(F)(F)F. The third kappa shape index (κ3) is 4.97. The molecule has 1 amide bonds. The molecule has 0 atom stereocenters. The zero-order valence-corrected chi connectivity index (χ0v) is 18.1. The molecule has 0 saturated heterocycles. The van der Waals surface area contributed by atoms with Crippen molar-refractivity contribution in [3.8, 4) is 11.4 Å². The first kappa shape index (κ1) is 23.0. The van der Waals surface area contributed by atoms with Crippen LogP contribution in [0.2, 0.25) is 10.0 Å². The zero-order chi connectivity index (χ0) is 22.8. The average molecular weight is 472 g/mol. The normalized spacial score (nSPS) is 11.5. The van der Waals surface area contributed by atoms with Gasteiger partial charge in [0.1, 0.15) is 0 Å². The predicted molar refractivity (Wildman–Crippen MR) is 113 cm³/mol. The van der Waals surface area contributed by atoms with Gasteiger partial charge in [0.15, 0.2) is 11.4 Å². The molecule has 10 heteroatoms. The molecule has 164 valence electrons. The molecule has 0 bridgehead atoms. The third-order valence-electron chi connectivity index (χ3n) is 4.58. The fourth-order valence-corrected chi connectivity index (χ4v) is 3.56. The van der Waals surface area contributed by atoms with Gasteiger partial charge in [-0.15, -0.1) is 0 Å². The van der Waals surface area contributed by atoms with Crippen LogP contribution in [0.1, 0.15) is 30.7 Å². The van der Waals surface area contributed by atoms with E-state index in [9.17, 15) is 18.0 Å². The first-order valence-electron chi connectivity index (χ1n) is 9.35.